The number of sulfonamides is 1. The SMILES string of the molecule is CNC(=O)[C@@H]1C[C@H](N(C2CCC(C)(C)CC2)S(C)(=O)=O)CN1C. The number of nitrogens with zero attached hydrogens (tertiary/aromatic N) is 2. The molecule has 0 aromatic heterocycles. The third kappa shape index (κ3) is 4.25. The summed E-state index contributed by atoms with van der Waals surface area (Å²) in [5.74, 6) is -0.0340. The first-order valence-corrected chi connectivity index (χ1v) is 10.3. The van der Waals surface area contributed by atoms with Crippen LogP contribution in [0.1, 0.15) is 46.0 Å². The van der Waals surface area contributed by atoms with E-state index < -0.39 is 10.0 Å². The van der Waals surface area contributed by atoms with Gasteiger partial charge in [-0.15, -0.1) is 0 Å². The molecule has 1 heterocycles. The number of carbonyl (C=O) groups is 1. The zero-order valence-electron chi connectivity index (χ0n) is 15.0. The number of likely N-dealkylation sites (N-methyl/N-ethyl adjacent to an activating group) is 2. The van der Waals surface area contributed by atoms with E-state index >= 15 is 0 Å². The third-order valence-electron chi connectivity index (χ3n) is 5.49. The Kier molecular flexibility index (Phi) is 5.43. The smallest absolute Gasteiger partial charge is 0.237 e. The number of rotatable bonds is 4. The lowest BCUT2D eigenvalue weighted by atomic mass is 9.75. The van der Waals surface area contributed by atoms with Crippen LogP contribution in [0.5, 0.6) is 0 Å². The lowest BCUT2D eigenvalue weighted by Gasteiger charge is -2.41. The predicted octanol–water partition coefficient (Wildman–Crippen LogP) is 1.04. The van der Waals surface area contributed by atoms with E-state index in [4.69, 9.17) is 0 Å². The second kappa shape index (κ2) is 6.69. The zero-order chi connectivity index (χ0) is 17.4. The highest BCUT2D eigenvalue weighted by Gasteiger charge is 2.44. The average molecular weight is 346 g/mol. The van der Waals surface area contributed by atoms with Crippen LogP contribution in [-0.4, -0.2) is 68.6 Å². The molecule has 1 saturated carbocycles. The Hall–Kier alpha value is -0.660. The monoisotopic (exact) mass is 345 g/mol. The molecular weight excluding hydrogens is 314 g/mol. The number of carbonyl (C=O) groups excluding carboxylic acids is 1. The lowest BCUT2D eigenvalue weighted by Crippen LogP contribution is -2.49. The van der Waals surface area contributed by atoms with Crippen LogP contribution in [-0.2, 0) is 14.8 Å². The van der Waals surface area contributed by atoms with Gasteiger partial charge in [-0.2, -0.15) is 4.31 Å². The molecule has 1 amide bonds. The number of likely N-dealkylation sites (tertiary alicyclic amines) is 1. The van der Waals surface area contributed by atoms with Crippen LogP contribution in [0.3, 0.4) is 0 Å². The Balaban J connectivity index is 2.16. The molecule has 1 aliphatic heterocycles. The molecule has 23 heavy (non-hydrogen) atoms. The molecule has 0 spiro atoms. The van der Waals surface area contributed by atoms with Crippen molar-refractivity contribution in [2.75, 3.05) is 26.9 Å². The second-order valence-corrected chi connectivity index (χ2v) is 9.84. The van der Waals surface area contributed by atoms with E-state index in [2.05, 4.69) is 19.2 Å². The molecule has 1 aliphatic carbocycles. The molecule has 1 saturated heterocycles. The van der Waals surface area contributed by atoms with E-state index in [1.165, 1.54) is 6.26 Å². The molecule has 0 unspecified atom stereocenters. The van der Waals surface area contributed by atoms with Gasteiger partial charge in [0.1, 0.15) is 0 Å². The van der Waals surface area contributed by atoms with Gasteiger partial charge in [-0.1, -0.05) is 13.8 Å². The van der Waals surface area contributed by atoms with E-state index in [0.717, 1.165) is 25.7 Å². The Morgan fingerprint density at radius 2 is 1.78 bits per heavy atom. The molecule has 0 bridgehead atoms. The van der Waals surface area contributed by atoms with E-state index in [-0.39, 0.29) is 24.0 Å². The summed E-state index contributed by atoms with van der Waals surface area (Å²) in [5, 5.41) is 2.68. The van der Waals surface area contributed by atoms with Crippen LogP contribution in [0.25, 0.3) is 0 Å². The van der Waals surface area contributed by atoms with Crippen LogP contribution in [0.4, 0.5) is 0 Å². The van der Waals surface area contributed by atoms with Crippen molar-refractivity contribution >= 4 is 15.9 Å². The van der Waals surface area contributed by atoms with Crippen LogP contribution in [0.2, 0.25) is 0 Å². The first-order valence-electron chi connectivity index (χ1n) is 8.45. The second-order valence-electron chi connectivity index (χ2n) is 7.95. The van der Waals surface area contributed by atoms with Gasteiger partial charge in [0.2, 0.25) is 15.9 Å². The summed E-state index contributed by atoms with van der Waals surface area (Å²) in [5.41, 5.74) is 0.302. The first kappa shape index (κ1) is 18.7. The summed E-state index contributed by atoms with van der Waals surface area (Å²) in [6.45, 7) is 5.11. The first-order chi connectivity index (χ1) is 10.5. The third-order valence-corrected chi connectivity index (χ3v) is 6.85. The summed E-state index contributed by atoms with van der Waals surface area (Å²) >= 11 is 0. The van der Waals surface area contributed by atoms with Gasteiger partial charge in [0.15, 0.2) is 0 Å². The fourth-order valence-corrected chi connectivity index (χ4v) is 5.55. The van der Waals surface area contributed by atoms with Gasteiger partial charge in [0.25, 0.3) is 0 Å². The largest absolute Gasteiger partial charge is 0.358 e. The van der Waals surface area contributed by atoms with Crippen molar-refractivity contribution in [3.63, 3.8) is 0 Å². The number of hydrogen-bond donors (Lipinski definition) is 1. The van der Waals surface area contributed by atoms with Gasteiger partial charge in [-0.05, 0) is 44.6 Å². The standard InChI is InChI=1S/C16H31N3O3S/c1-16(2)8-6-12(7-9-16)19(23(5,21)22)13-10-14(15(20)17-3)18(4)11-13/h12-14H,6-11H2,1-5H3,(H,17,20)/t13-,14-/m0/s1. The molecule has 134 valence electrons. The van der Waals surface area contributed by atoms with Gasteiger partial charge < -0.3 is 5.32 Å². The molecular formula is C16H31N3O3S. The molecule has 6 nitrogen and oxygen atoms in total. The summed E-state index contributed by atoms with van der Waals surface area (Å²) in [6.07, 6.45) is 5.79. The van der Waals surface area contributed by atoms with E-state index in [1.54, 1.807) is 11.4 Å². The molecule has 2 rings (SSSR count). The maximum absolute atomic E-state index is 12.4. The Labute approximate surface area is 140 Å². The molecule has 0 aromatic rings. The molecule has 0 aromatic carbocycles. The van der Waals surface area contributed by atoms with Crippen LogP contribution < -0.4 is 5.32 Å². The summed E-state index contributed by atoms with van der Waals surface area (Å²) < 4.78 is 26.6. The Morgan fingerprint density at radius 3 is 2.26 bits per heavy atom. The maximum atomic E-state index is 12.4. The molecule has 2 atom stereocenters. The topological polar surface area (TPSA) is 69.7 Å². The average Bonchev–Trinajstić information content (AvgIpc) is 2.80. The minimum atomic E-state index is -3.29. The fraction of sp³-hybridized carbons (Fsp3) is 0.938. The van der Waals surface area contributed by atoms with Crippen LogP contribution in [0, 0.1) is 5.41 Å². The quantitative estimate of drug-likeness (QED) is 0.826. The minimum Gasteiger partial charge on any atom is -0.358 e. The summed E-state index contributed by atoms with van der Waals surface area (Å²) in [6, 6.07) is -0.280. The molecule has 7 heteroatoms. The summed E-state index contributed by atoms with van der Waals surface area (Å²) in [7, 11) is 0.230. The van der Waals surface area contributed by atoms with Gasteiger partial charge in [0, 0.05) is 25.7 Å². The number of amides is 1. The van der Waals surface area contributed by atoms with Crippen LogP contribution in [0.15, 0.2) is 0 Å². The molecule has 2 aliphatic rings. The van der Waals surface area contributed by atoms with E-state index in [9.17, 15) is 13.2 Å². The van der Waals surface area contributed by atoms with Crippen molar-refractivity contribution in [3.05, 3.63) is 0 Å². The summed E-state index contributed by atoms with van der Waals surface area (Å²) in [4.78, 5) is 13.9. The van der Waals surface area contributed by atoms with Crippen molar-refractivity contribution in [2.24, 2.45) is 5.41 Å². The van der Waals surface area contributed by atoms with Crippen molar-refractivity contribution in [1.29, 1.82) is 0 Å². The fourth-order valence-electron chi connectivity index (χ4n) is 4.11. The molecule has 2 fully saturated rings. The highest BCUT2D eigenvalue weighted by Crippen LogP contribution is 2.39. The van der Waals surface area contributed by atoms with Gasteiger partial charge in [0.05, 0.1) is 12.3 Å². The van der Waals surface area contributed by atoms with Crippen molar-refractivity contribution < 1.29 is 13.2 Å². The number of nitrogens with one attached hydrogen (secondary N) is 1. The van der Waals surface area contributed by atoms with Crippen LogP contribution >= 0.6 is 0 Å². The van der Waals surface area contributed by atoms with Crippen molar-refractivity contribution in [3.8, 4) is 0 Å². The van der Waals surface area contributed by atoms with Gasteiger partial charge >= 0.3 is 0 Å². The highest BCUT2D eigenvalue weighted by atomic mass is 32.2. The predicted molar refractivity (Wildman–Crippen MR) is 91.6 cm³/mol. The molecule has 1 N–H and O–H groups in total. The lowest BCUT2D eigenvalue weighted by molar-refractivity contribution is -0.124. The van der Waals surface area contributed by atoms with Gasteiger partial charge in [-0.3, -0.25) is 9.69 Å². The Morgan fingerprint density at radius 1 is 1.22 bits per heavy atom. The number of hydrogen-bond acceptors (Lipinski definition) is 4. The molecule has 0 radical (unpaired) electrons. The minimum absolute atomic E-state index is 0.0340. The zero-order valence-corrected chi connectivity index (χ0v) is 15.8. The van der Waals surface area contributed by atoms with E-state index in [0.29, 0.717) is 18.4 Å². The van der Waals surface area contributed by atoms with Crippen molar-refractivity contribution in [2.45, 2.75) is 64.1 Å². The highest BCUT2D eigenvalue weighted by molar-refractivity contribution is 7.88. The van der Waals surface area contributed by atoms with E-state index in [1.807, 2.05) is 11.9 Å². The normalized spacial score (nSPS) is 29.8. The van der Waals surface area contributed by atoms with Gasteiger partial charge in [-0.25, -0.2) is 8.42 Å². The Bertz CT molecular complexity index is 537. The van der Waals surface area contributed by atoms with Crippen molar-refractivity contribution in [1.82, 2.24) is 14.5 Å². The maximum Gasteiger partial charge on any atom is 0.237 e.